The lowest BCUT2D eigenvalue weighted by atomic mass is 10.1. The average Bonchev–Trinajstić information content (AvgIpc) is 2.85. The van der Waals surface area contributed by atoms with Crippen LogP contribution in [0.15, 0.2) is 42.5 Å². The summed E-state index contributed by atoms with van der Waals surface area (Å²) in [6.45, 7) is 2.07. The molecular weight excluding hydrogens is 282 g/mol. The zero-order valence-corrected chi connectivity index (χ0v) is 12.4. The van der Waals surface area contributed by atoms with Gasteiger partial charge in [0.05, 0.1) is 28.4 Å². The van der Waals surface area contributed by atoms with E-state index in [-0.39, 0.29) is 0 Å². The minimum absolute atomic E-state index is 0.514. The van der Waals surface area contributed by atoms with E-state index in [0.717, 1.165) is 28.1 Å². The zero-order chi connectivity index (χ0) is 14.8. The van der Waals surface area contributed by atoms with Crippen molar-refractivity contribution in [2.24, 2.45) is 0 Å². The van der Waals surface area contributed by atoms with E-state index in [1.165, 1.54) is 0 Å². The third kappa shape index (κ3) is 2.39. The minimum Gasteiger partial charge on any atom is -0.296 e. The molecule has 0 bridgehead atoms. The fourth-order valence-electron chi connectivity index (χ4n) is 2.53. The van der Waals surface area contributed by atoms with Crippen molar-refractivity contribution in [3.8, 4) is 11.8 Å². The highest BCUT2D eigenvalue weighted by Gasteiger charge is 2.13. The molecule has 0 atom stereocenters. The predicted octanol–water partition coefficient (Wildman–Crippen LogP) is 3.99. The Hall–Kier alpha value is -2.31. The van der Waals surface area contributed by atoms with E-state index in [2.05, 4.69) is 34.7 Å². The quantitative estimate of drug-likeness (QED) is 0.686. The Morgan fingerprint density at radius 2 is 2.05 bits per heavy atom. The summed E-state index contributed by atoms with van der Waals surface area (Å²) in [5.41, 5.74) is 4.71. The van der Waals surface area contributed by atoms with Crippen LogP contribution < -0.4 is 0 Å². The highest BCUT2D eigenvalue weighted by atomic mass is 35.5. The molecule has 1 heterocycles. The first-order valence-electron chi connectivity index (χ1n) is 6.78. The summed E-state index contributed by atoms with van der Waals surface area (Å²) in [5.74, 6) is 1.43. The molecule has 104 valence electrons. The van der Waals surface area contributed by atoms with E-state index in [0.29, 0.717) is 17.9 Å². The van der Waals surface area contributed by atoms with Crippen LogP contribution in [-0.2, 0) is 6.42 Å². The molecule has 4 heteroatoms. The Kier molecular flexibility index (Phi) is 3.64. The summed E-state index contributed by atoms with van der Waals surface area (Å²) in [6, 6.07) is 15.9. The number of hydrogen-bond acceptors (Lipinski definition) is 2. The molecule has 0 aliphatic rings. The van der Waals surface area contributed by atoms with E-state index in [9.17, 15) is 0 Å². The molecule has 0 fully saturated rings. The molecule has 0 radical (unpaired) electrons. The number of imidazole rings is 1. The van der Waals surface area contributed by atoms with E-state index < -0.39 is 0 Å². The molecule has 0 aliphatic heterocycles. The summed E-state index contributed by atoms with van der Waals surface area (Å²) < 4.78 is 2.11. The van der Waals surface area contributed by atoms with Crippen molar-refractivity contribution in [1.82, 2.24) is 9.55 Å². The Balaban J connectivity index is 2.35. The van der Waals surface area contributed by atoms with E-state index in [1.807, 2.05) is 24.3 Å². The average molecular weight is 296 g/mol. The number of nitrogens with zero attached hydrogens (tertiary/aromatic N) is 3. The SMILES string of the molecule is Cc1ccccc1-n1c(CCCl)nc2ccc(C#N)cc21. The molecule has 1 aromatic heterocycles. The highest BCUT2D eigenvalue weighted by Crippen LogP contribution is 2.25. The first kappa shape index (κ1) is 13.7. The van der Waals surface area contributed by atoms with Gasteiger partial charge in [0.2, 0.25) is 0 Å². The van der Waals surface area contributed by atoms with Gasteiger partial charge >= 0.3 is 0 Å². The maximum atomic E-state index is 9.12. The third-order valence-corrected chi connectivity index (χ3v) is 3.72. The Bertz CT molecular complexity index is 843. The van der Waals surface area contributed by atoms with E-state index in [4.69, 9.17) is 16.9 Å². The predicted molar refractivity (Wildman–Crippen MR) is 84.9 cm³/mol. The topological polar surface area (TPSA) is 41.6 Å². The molecular formula is C17H14ClN3. The first-order valence-corrected chi connectivity index (χ1v) is 7.31. The van der Waals surface area contributed by atoms with Gasteiger partial charge in [-0.15, -0.1) is 11.6 Å². The molecule has 0 amide bonds. The number of benzene rings is 2. The van der Waals surface area contributed by atoms with Crippen LogP contribution >= 0.6 is 11.6 Å². The number of nitriles is 1. The van der Waals surface area contributed by atoms with Gasteiger partial charge in [0.25, 0.3) is 0 Å². The molecule has 2 aromatic carbocycles. The van der Waals surface area contributed by atoms with Gasteiger partial charge in [-0.2, -0.15) is 5.26 Å². The summed E-state index contributed by atoms with van der Waals surface area (Å²) in [5, 5.41) is 9.12. The molecule has 0 N–H and O–H groups in total. The fraction of sp³-hybridized carbons (Fsp3) is 0.176. The van der Waals surface area contributed by atoms with Gasteiger partial charge in [0.1, 0.15) is 5.82 Å². The van der Waals surface area contributed by atoms with Gasteiger partial charge in [0, 0.05) is 12.3 Å². The van der Waals surface area contributed by atoms with Crippen molar-refractivity contribution in [3.63, 3.8) is 0 Å². The monoisotopic (exact) mass is 295 g/mol. The van der Waals surface area contributed by atoms with E-state index >= 15 is 0 Å². The number of rotatable bonds is 3. The number of halogens is 1. The van der Waals surface area contributed by atoms with Gasteiger partial charge in [-0.1, -0.05) is 18.2 Å². The molecule has 21 heavy (non-hydrogen) atoms. The van der Waals surface area contributed by atoms with Crippen molar-refractivity contribution in [3.05, 3.63) is 59.4 Å². The number of fused-ring (bicyclic) bond motifs is 1. The van der Waals surface area contributed by atoms with Crippen molar-refractivity contribution >= 4 is 22.6 Å². The maximum Gasteiger partial charge on any atom is 0.115 e. The van der Waals surface area contributed by atoms with Crippen LogP contribution in [0.2, 0.25) is 0 Å². The van der Waals surface area contributed by atoms with Crippen LogP contribution in [0.1, 0.15) is 17.0 Å². The Morgan fingerprint density at radius 1 is 1.24 bits per heavy atom. The van der Waals surface area contributed by atoms with Crippen molar-refractivity contribution in [2.75, 3.05) is 5.88 Å². The summed E-state index contributed by atoms with van der Waals surface area (Å²) in [7, 11) is 0. The lowest BCUT2D eigenvalue weighted by molar-refractivity contribution is 0.907. The maximum absolute atomic E-state index is 9.12. The Morgan fingerprint density at radius 3 is 2.76 bits per heavy atom. The summed E-state index contributed by atoms with van der Waals surface area (Å²) >= 11 is 5.92. The van der Waals surface area contributed by atoms with E-state index in [1.54, 1.807) is 6.07 Å². The lowest BCUT2D eigenvalue weighted by Gasteiger charge is -2.11. The zero-order valence-electron chi connectivity index (χ0n) is 11.7. The standard InChI is InChI=1S/C17H14ClN3/c1-12-4-2-3-5-15(12)21-16-10-13(11-19)6-7-14(16)20-17(21)8-9-18/h2-7,10H,8-9H2,1H3. The van der Waals surface area contributed by atoms with Crippen LogP contribution in [0.4, 0.5) is 0 Å². The molecule has 0 saturated carbocycles. The summed E-state index contributed by atoms with van der Waals surface area (Å²) in [4.78, 5) is 4.66. The van der Waals surface area contributed by atoms with Crippen LogP contribution in [0.25, 0.3) is 16.7 Å². The number of aryl methyl sites for hydroxylation is 2. The van der Waals surface area contributed by atoms with Crippen LogP contribution in [-0.4, -0.2) is 15.4 Å². The smallest absolute Gasteiger partial charge is 0.115 e. The lowest BCUT2D eigenvalue weighted by Crippen LogP contribution is -2.03. The molecule has 0 unspecified atom stereocenters. The number of aromatic nitrogens is 2. The van der Waals surface area contributed by atoms with Crippen LogP contribution in [0.5, 0.6) is 0 Å². The highest BCUT2D eigenvalue weighted by molar-refractivity contribution is 6.17. The number of para-hydroxylation sites is 1. The van der Waals surface area contributed by atoms with Crippen LogP contribution in [0.3, 0.4) is 0 Å². The largest absolute Gasteiger partial charge is 0.296 e. The van der Waals surface area contributed by atoms with Gasteiger partial charge in [0.15, 0.2) is 0 Å². The van der Waals surface area contributed by atoms with Crippen LogP contribution in [0, 0.1) is 18.3 Å². The van der Waals surface area contributed by atoms with Gasteiger partial charge in [-0.3, -0.25) is 4.57 Å². The second-order valence-corrected chi connectivity index (χ2v) is 5.28. The minimum atomic E-state index is 0.514. The van der Waals surface area contributed by atoms with Crippen molar-refractivity contribution < 1.29 is 0 Å². The molecule has 3 rings (SSSR count). The normalized spacial score (nSPS) is 10.7. The molecule has 3 nitrogen and oxygen atoms in total. The molecule has 3 aromatic rings. The second kappa shape index (κ2) is 5.59. The van der Waals surface area contributed by atoms with Gasteiger partial charge in [-0.25, -0.2) is 4.98 Å². The molecule has 0 saturated heterocycles. The van der Waals surface area contributed by atoms with Gasteiger partial charge < -0.3 is 0 Å². The van der Waals surface area contributed by atoms with Gasteiger partial charge in [-0.05, 0) is 36.8 Å². The number of alkyl halides is 1. The Labute approximate surface area is 128 Å². The second-order valence-electron chi connectivity index (χ2n) is 4.90. The van der Waals surface area contributed by atoms with Crippen molar-refractivity contribution in [1.29, 1.82) is 5.26 Å². The summed E-state index contributed by atoms with van der Waals surface area (Å²) in [6.07, 6.45) is 0.687. The third-order valence-electron chi connectivity index (χ3n) is 3.53. The number of hydrogen-bond donors (Lipinski definition) is 0. The van der Waals surface area contributed by atoms with Crippen molar-refractivity contribution in [2.45, 2.75) is 13.3 Å². The first-order chi connectivity index (χ1) is 10.2. The fourth-order valence-corrected chi connectivity index (χ4v) is 2.70. The molecule has 0 aliphatic carbocycles. The molecule has 0 spiro atoms.